The summed E-state index contributed by atoms with van der Waals surface area (Å²) in [7, 11) is 0. The Morgan fingerprint density at radius 2 is 2.25 bits per heavy atom. The van der Waals surface area contributed by atoms with Gasteiger partial charge in [-0.1, -0.05) is 13.3 Å². The number of allylic oxidation sites excluding steroid dienone is 2. The second-order valence-corrected chi connectivity index (χ2v) is 5.10. The van der Waals surface area contributed by atoms with Crippen molar-refractivity contribution in [3.8, 4) is 0 Å². The lowest BCUT2D eigenvalue weighted by Gasteiger charge is -2.27. The van der Waals surface area contributed by atoms with E-state index in [2.05, 4.69) is 15.9 Å². The van der Waals surface area contributed by atoms with Gasteiger partial charge >= 0.3 is 0 Å². The summed E-state index contributed by atoms with van der Waals surface area (Å²) < 4.78 is -1.77. The molecule has 2 unspecified atom stereocenters. The number of ketones is 1. The van der Waals surface area contributed by atoms with Gasteiger partial charge in [0.25, 0.3) is 0 Å². The van der Waals surface area contributed by atoms with E-state index < -0.39 is 16.4 Å². The van der Waals surface area contributed by atoms with Crippen molar-refractivity contribution in [3.05, 3.63) is 23.5 Å². The monoisotopic (exact) mass is 290 g/mol. The Bertz CT molecular complexity index is 344. The Morgan fingerprint density at radius 1 is 1.62 bits per heavy atom. The number of halogens is 1. The predicted molar refractivity (Wildman–Crippen MR) is 63.2 cm³/mol. The van der Waals surface area contributed by atoms with Crippen molar-refractivity contribution >= 4 is 21.7 Å². The minimum Gasteiger partial charge on any atom is -0.509 e. The molecule has 0 aliphatic heterocycles. The first-order valence-corrected chi connectivity index (χ1v) is 5.93. The second-order valence-electron chi connectivity index (χ2n) is 3.83. The quantitative estimate of drug-likeness (QED) is 0.687. The summed E-state index contributed by atoms with van der Waals surface area (Å²) in [5.74, 6) is -0.570. The van der Waals surface area contributed by atoms with E-state index in [1.807, 2.05) is 6.92 Å². The molecule has 0 aromatic rings. The average Bonchev–Trinajstić information content (AvgIpc) is 2.21. The van der Waals surface area contributed by atoms with Crippen molar-refractivity contribution in [2.75, 3.05) is 0 Å². The zero-order valence-corrected chi connectivity index (χ0v) is 10.6. The molecule has 0 amide bonds. The minimum atomic E-state index is -1.77. The van der Waals surface area contributed by atoms with Gasteiger partial charge in [-0.15, -0.1) is 0 Å². The fourth-order valence-electron chi connectivity index (χ4n) is 1.43. The molecule has 1 rings (SSSR count). The van der Waals surface area contributed by atoms with E-state index in [-0.39, 0.29) is 11.4 Å². The number of unbranched alkanes of at least 4 members (excludes halogenated alkanes) is 1. The second kappa shape index (κ2) is 5.12. The molecule has 0 radical (unpaired) electrons. The van der Waals surface area contributed by atoms with E-state index in [0.717, 1.165) is 12.8 Å². The third-order valence-electron chi connectivity index (χ3n) is 2.40. The van der Waals surface area contributed by atoms with Crippen LogP contribution in [0.4, 0.5) is 0 Å². The first-order chi connectivity index (χ1) is 7.38. The Morgan fingerprint density at radius 3 is 2.75 bits per heavy atom. The van der Waals surface area contributed by atoms with E-state index in [4.69, 9.17) is 0 Å². The molecule has 0 saturated carbocycles. The molecule has 1 aliphatic carbocycles. The van der Waals surface area contributed by atoms with Crippen molar-refractivity contribution in [3.63, 3.8) is 0 Å². The van der Waals surface area contributed by atoms with Crippen molar-refractivity contribution < 1.29 is 20.1 Å². The first-order valence-electron chi connectivity index (χ1n) is 5.14. The van der Waals surface area contributed by atoms with E-state index in [9.17, 15) is 20.1 Å². The normalized spacial score (nSPS) is 29.6. The molecule has 16 heavy (non-hydrogen) atoms. The van der Waals surface area contributed by atoms with Crippen molar-refractivity contribution in [1.29, 1.82) is 0 Å². The summed E-state index contributed by atoms with van der Waals surface area (Å²) >= 11 is 2.85. The summed E-state index contributed by atoms with van der Waals surface area (Å²) in [6.45, 7) is 1.97. The molecule has 4 nitrogen and oxygen atoms in total. The zero-order chi connectivity index (χ0) is 12.3. The lowest BCUT2D eigenvalue weighted by atomic mass is 9.95. The third-order valence-corrected chi connectivity index (χ3v) is 3.07. The number of Topliss-reactive ketones (excluding diaryl/α,β-unsaturated/α-hetero) is 1. The highest BCUT2D eigenvalue weighted by Crippen LogP contribution is 2.31. The van der Waals surface area contributed by atoms with Crippen molar-refractivity contribution in [1.82, 2.24) is 0 Å². The number of alkyl halides is 1. The van der Waals surface area contributed by atoms with Crippen LogP contribution in [0.1, 0.15) is 26.2 Å². The molecule has 0 aromatic heterocycles. The highest BCUT2D eigenvalue weighted by molar-refractivity contribution is 9.10. The summed E-state index contributed by atoms with van der Waals surface area (Å²) in [5.41, 5.74) is 0.218. The van der Waals surface area contributed by atoms with Gasteiger partial charge in [-0.2, -0.15) is 0 Å². The number of aliphatic hydroxyl groups is 3. The molecule has 0 heterocycles. The summed E-state index contributed by atoms with van der Waals surface area (Å²) in [5, 5.41) is 28.5. The topological polar surface area (TPSA) is 77.8 Å². The maximum atomic E-state index is 11.7. The Hall–Kier alpha value is -0.650. The van der Waals surface area contributed by atoms with Gasteiger partial charge in [0.05, 0.1) is 0 Å². The fourth-order valence-corrected chi connectivity index (χ4v) is 1.91. The maximum Gasteiger partial charge on any atom is 0.172 e. The SMILES string of the molecule is CCCCC(=O)C1=CC(O)(Br)C(O)C(O)=C1. The molecular weight excluding hydrogens is 276 g/mol. The van der Waals surface area contributed by atoms with Gasteiger partial charge in [-0.3, -0.25) is 4.79 Å². The van der Waals surface area contributed by atoms with Gasteiger partial charge in [0.2, 0.25) is 0 Å². The minimum absolute atomic E-state index is 0.154. The van der Waals surface area contributed by atoms with Crippen LogP contribution in [0.3, 0.4) is 0 Å². The van der Waals surface area contributed by atoms with Gasteiger partial charge < -0.3 is 15.3 Å². The van der Waals surface area contributed by atoms with Crippen LogP contribution in [0, 0.1) is 0 Å². The van der Waals surface area contributed by atoms with Crippen LogP contribution in [0.5, 0.6) is 0 Å². The summed E-state index contributed by atoms with van der Waals surface area (Å²) in [6.07, 6.45) is 2.98. The predicted octanol–water partition coefficient (Wildman–Crippen LogP) is 1.57. The maximum absolute atomic E-state index is 11.7. The van der Waals surface area contributed by atoms with E-state index in [1.165, 1.54) is 12.2 Å². The molecule has 1 aliphatic rings. The molecule has 0 bridgehead atoms. The smallest absolute Gasteiger partial charge is 0.172 e. The van der Waals surface area contributed by atoms with Gasteiger partial charge in [0.1, 0.15) is 5.76 Å². The largest absolute Gasteiger partial charge is 0.509 e. The zero-order valence-electron chi connectivity index (χ0n) is 8.98. The Balaban J connectivity index is 2.86. The molecule has 90 valence electrons. The lowest BCUT2D eigenvalue weighted by Crippen LogP contribution is -2.38. The van der Waals surface area contributed by atoms with Crippen LogP contribution in [0.25, 0.3) is 0 Å². The van der Waals surface area contributed by atoms with Gasteiger partial charge in [0.15, 0.2) is 16.4 Å². The number of rotatable bonds is 4. The van der Waals surface area contributed by atoms with Gasteiger partial charge in [-0.05, 0) is 34.5 Å². The molecule has 0 aromatic carbocycles. The molecule has 2 atom stereocenters. The van der Waals surface area contributed by atoms with Crippen LogP contribution in [-0.2, 0) is 4.79 Å². The lowest BCUT2D eigenvalue weighted by molar-refractivity contribution is -0.115. The number of carbonyl (C=O) groups is 1. The molecular formula is C11H15BrO4. The Labute approximate surface area is 102 Å². The summed E-state index contributed by atoms with van der Waals surface area (Å²) in [6, 6.07) is 0. The molecule has 0 fully saturated rings. The molecule has 0 spiro atoms. The number of hydrogen-bond acceptors (Lipinski definition) is 4. The van der Waals surface area contributed by atoms with Crippen molar-refractivity contribution in [2.24, 2.45) is 0 Å². The van der Waals surface area contributed by atoms with Crippen LogP contribution in [0.2, 0.25) is 0 Å². The number of aliphatic hydroxyl groups excluding tert-OH is 2. The van der Waals surface area contributed by atoms with Crippen LogP contribution in [0.15, 0.2) is 23.5 Å². The molecule has 3 N–H and O–H groups in total. The van der Waals surface area contributed by atoms with E-state index in [0.29, 0.717) is 6.42 Å². The number of carbonyl (C=O) groups excluding carboxylic acids is 1. The summed E-state index contributed by atoms with van der Waals surface area (Å²) in [4.78, 5) is 11.7. The molecule has 5 heteroatoms. The fraction of sp³-hybridized carbons (Fsp3) is 0.545. The highest BCUT2D eigenvalue weighted by Gasteiger charge is 2.37. The van der Waals surface area contributed by atoms with Crippen LogP contribution >= 0.6 is 15.9 Å². The first kappa shape index (κ1) is 13.4. The van der Waals surface area contributed by atoms with Crippen LogP contribution < -0.4 is 0 Å². The Kier molecular flexibility index (Phi) is 4.29. The van der Waals surface area contributed by atoms with Gasteiger partial charge in [0, 0.05) is 12.0 Å². The third kappa shape index (κ3) is 2.93. The standard InChI is InChI=1S/C11H15BrO4/c1-2-3-4-8(13)7-5-9(14)10(15)11(12,16)6-7/h5-6,10,14-16H,2-4H2,1H3. The van der Waals surface area contributed by atoms with E-state index >= 15 is 0 Å². The number of hydrogen-bond donors (Lipinski definition) is 3. The van der Waals surface area contributed by atoms with Gasteiger partial charge in [-0.25, -0.2) is 0 Å². The van der Waals surface area contributed by atoms with E-state index in [1.54, 1.807) is 0 Å². The van der Waals surface area contributed by atoms with Crippen LogP contribution in [-0.4, -0.2) is 31.7 Å². The molecule has 0 saturated heterocycles. The highest BCUT2D eigenvalue weighted by atomic mass is 79.9. The average molecular weight is 291 g/mol. The van der Waals surface area contributed by atoms with Crippen molar-refractivity contribution in [2.45, 2.75) is 36.8 Å².